The minimum absolute atomic E-state index is 0.0116. The number of carbonyl (C=O) groups excluding carboxylic acids is 1. The lowest BCUT2D eigenvalue weighted by atomic mass is 9.96. The fraction of sp³-hybridized carbons (Fsp3) is 0.429. The van der Waals surface area contributed by atoms with Gasteiger partial charge in [-0.2, -0.15) is 5.10 Å². The topological polar surface area (TPSA) is 69.3 Å². The fourth-order valence-electron chi connectivity index (χ4n) is 2.49. The van der Waals surface area contributed by atoms with E-state index in [1.807, 2.05) is 19.3 Å². The van der Waals surface area contributed by atoms with Gasteiger partial charge < -0.3 is 14.5 Å². The zero-order chi connectivity index (χ0) is 13.9. The molecule has 0 spiro atoms. The Hall–Kier alpha value is -2.08. The van der Waals surface area contributed by atoms with Crippen molar-refractivity contribution in [3.63, 3.8) is 0 Å². The number of hydrogen-bond donors (Lipinski definition) is 1. The maximum Gasteiger partial charge on any atom is 0.226 e. The molecule has 6 nitrogen and oxygen atoms in total. The van der Waals surface area contributed by atoms with Crippen molar-refractivity contribution in [3.05, 3.63) is 42.1 Å². The SMILES string of the molecule is Cn1cc([C@H]2OCC[C@@H]2C(=O)NCc2ccoc2)cn1. The van der Waals surface area contributed by atoms with E-state index < -0.39 is 0 Å². The molecule has 0 aromatic carbocycles. The van der Waals surface area contributed by atoms with Gasteiger partial charge in [0, 0.05) is 37.5 Å². The van der Waals surface area contributed by atoms with Gasteiger partial charge in [-0.05, 0) is 12.5 Å². The minimum atomic E-state index is -0.201. The number of carbonyl (C=O) groups is 1. The third-order valence-corrected chi connectivity index (χ3v) is 3.53. The maximum atomic E-state index is 12.3. The monoisotopic (exact) mass is 275 g/mol. The molecule has 2 atom stereocenters. The Morgan fingerprint density at radius 2 is 2.50 bits per heavy atom. The smallest absolute Gasteiger partial charge is 0.226 e. The van der Waals surface area contributed by atoms with Crippen molar-refractivity contribution in [1.82, 2.24) is 15.1 Å². The standard InChI is InChI=1S/C14H17N3O3/c1-17-8-11(7-16-17)13-12(3-5-20-13)14(18)15-6-10-2-4-19-9-10/h2,4,7-9,12-13H,3,5-6H2,1H3,(H,15,18)/t12-,13+/m0/s1. The highest BCUT2D eigenvalue weighted by Gasteiger charge is 2.35. The second-order valence-corrected chi connectivity index (χ2v) is 4.98. The van der Waals surface area contributed by atoms with E-state index in [1.54, 1.807) is 23.4 Å². The summed E-state index contributed by atoms with van der Waals surface area (Å²) >= 11 is 0. The number of aromatic nitrogens is 2. The molecule has 0 aliphatic carbocycles. The van der Waals surface area contributed by atoms with Crippen molar-refractivity contribution in [2.75, 3.05) is 6.61 Å². The third-order valence-electron chi connectivity index (χ3n) is 3.53. The van der Waals surface area contributed by atoms with E-state index in [1.165, 1.54) is 0 Å². The Bertz CT molecular complexity index is 576. The van der Waals surface area contributed by atoms with Crippen LogP contribution in [0.4, 0.5) is 0 Å². The van der Waals surface area contributed by atoms with Gasteiger partial charge in [0.25, 0.3) is 0 Å². The lowest BCUT2D eigenvalue weighted by Gasteiger charge is -2.16. The summed E-state index contributed by atoms with van der Waals surface area (Å²) in [6.07, 6.45) is 7.41. The summed E-state index contributed by atoms with van der Waals surface area (Å²) in [6, 6.07) is 1.84. The Morgan fingerprint density at radius 3 is 3.20 bits per heavy atom. The first-order valence-corrected chi connectivity index (χ1v) is 6.63. The quantitative estimate of drug-likeness (QED) is 0.916. The Balaban J connectivity index is 1.64. The van der Waals surface area contributed by atoms with E-state index in [-0.39, 0.29) is 17.9 Å². The summed E-state index contributed by atoms with van der Waals surface area (Å²) in [5.41, 5.74) is 1.91. The molecule has 20 heavy (non-hydrogen) atoms. The van der Waals surface area contributed by atoms with Crippen LogP contribution in [0.5, 0.6) is 0 Å². The van der Waals surface area contributed by atoms with Crippen molar-refractivity contribution in [1.29, 1.82) is 0 Å². The Kier molecular flexibility index (Phi) is 3.56. The molecule has 1 aliphatic rings. The number of furan rings is 1. The first-order chi connectivity index (χ1) is 9.74. The van der Waals surface area contributed by atoms with Crippen LogP contribution >= 0.6 is 0 Å². The van der Waals surface area contributed by atoms with E-state index in [0.29, 0.717) is 13.2 Å². The first kappa shape index (κ1) is 12.9. The number of amides is 1. The zero-order valence-corrected chi connectivity index (χ0v) is 11.3. The summed E-state index contributed by atoms with van der Waals surface area (Å²) in [4.78, 5) is 12.3. The van der Waals surface area contributed by atoms with Crippen LogP contribution in [0.25, 0.3) is 0 Å². The van der Waals surface area contributed by atoms with Crippen molar-refractivity contribution in [3.8, 4) is 0 Å². The predicted molar refractivity (Wildman–Crippen MR) is 70.6 cm³/mol. The number of nitrogens with zero attached hydrogens (tertiary/aromatic N) is 2. The highest BCUT2D eigenvalue weighted by atomic mass is 16.5. The van der Waals surface area contributed by atoms with Gasteiger partial charge in [-0.15, -0.1) is 0 Å². The van der Waals surface area contributed by atoms with Gasteiger partial charge in [-0.3, -0.25) is 9.48 Å². The van der Waals surface area contributed by atoms with Gasteiger partial charge in [0.05, 0.1) is 30.7 Å². The highest BCUT2D eigenvalue weighted by molar-refractivity contribution is 5.79. The first-order valence-electron chi connectivity index (χ1n) is 6.63. The van der Waals surface area contributed by atoms with Crippen LogP contribution in [0.3, 0.4) is 0 Å². The average Bonchev–Trinajstić information content (AvgIpc) is 3.16. The van der Waals surface area contributed by atoms with E-state index in [2.05, 4.69) is 10.4 Å². The van der Waals surface area contributed by atoms with E-state index >= 15 is 0 Å². The molecule has 0 radical (unpaired) electrons. The van der Waals surface area contributed by atoms with Crippen LogP contribution in [0.15, 0.2) is 35.4 Å². The molecule has 6 heteroatoms. The predicted octanol–water partition coefficient (Wildman–Crippen LogP) is 1.41. The third kappa shape index (κ3) is 2.60. The molecule has 1 aliphatic heterocycles. The molecule has 0 unspecified atom stereocenters. The van der Waals surface area contributed by atoms with E-state index in [4.69, 9.17) is 9.15 Å². The van der Waals surface area contributed by atoms with Crippen molar-refractivity contribution in [2.45, 2.75) is 19.1 Å². The van der Waals surface area contributed by atoms with Gasteiger partial charge in [-0.1, -0.05) is 0 Å². The second kappa shape index (κ2) is 5.50. The molecule has 106 valence electrons. The second-order valence-electron chi connectivity index (χ2n) is 4.98. The molecule has 0 bridgehead atoms. The van der Waals surface area contributed by atoms with Crippen molar-refractivity contribution in [2.24, 2.45) is 13.0 Å². The summed E-state index contributed by atoms with van der Waals surface area (Å²) in [5, 5.41) is 7.06. The van der Waals surface area contributed by atoms with Crippen LogP contribution in [-0.4, -0.2) is 22.3 Å². The van der Waals surface area contributed by atoms with Crippen LogP contribution in [0.1, 0.15) is 23.7 Å². The van der Waals surface area contributed by atoms with E-state index in [9.17, 15) is 4.79 Å². The summed E-state index contributed by atoms with van der Waals surface area (Å²) in [5.74, 6) is -0.149. The van der Waals surface area contributed by atoms with Gasteiger partial charge in [0.1, 0.15) is 0 Å². The number of nitrogens with one attached hydrogen (secondary N) is 1. The fourth-order valence-corrected chi connectivity index (χ4v) is 2.49. The van der Waals surface area contributed by atoms with Gasteiger partial charge in [0.15, 0.2) is 0 Å². The highest BCUT2D eigenvalue weighted by Crippen LogP contribution is 2.34. The van der Waals surface area contributed by atoms with Gasteiger partial charge >= 0.3 is 0 Å². The maximum absolute atomic E-state index is 12.3. The lowest BCUT2D eigenvalue weighted by molar-refractivity contribution is -0.126. The van der Waals surface area contributed by atoms with Crippen LogP contribution < -0.4 is 5.32 Å². The molecule has 1 fully saturated rings. The molecule has 1 amide bonds. The summed E-state index contributed by atoms with van der Waals surface area (Å²) in [7, 11) is 1.85. The van der Waals surface area contributed by atoms with Gasteiger partial charge in [0.2, 0.25) is 5.91 Å². The van der Waals surface area contributed by atoms with Gasteiger partial charge in [-0.25, -0.2) is 0 Å². The minimum Gasteiger partial charge on any atom is -0.472 e. The van der Waals surface area contributed by atoms with Crippen molar-refractivity contribution >= 4 is 5.91 Å². The van der Waals surface area contributed by atoms with Crippen LogP contribution in [-0.2, 0) is 23.1 Å². The van der Waals surface area contributed by atoms with Crippen LogP contribution in [0, 0.1) is 5.92 Å². The number of hydrogen-bond acceptors (Lipinski definition) is 4. The molecule has 2 aromatic heterocycles. The lowest BCUT2D eigenvalue weighted by Crippen LogP contribution is -2.31. The number of rotatable bonds is 4. The molecular weight excluding hydrogens is 258 g/mol. The molecule has 3 heterocycles. The van der Waals surface area contributed by atoms with Crippen LogP contribution in [0.2, 0.25) is 0 Å². The number of aryl methyl sites for hydroxylation is 1. The zero-order valence-electron chi connectivity index (χ0n) is 11.3. The average molecular weight is 275 g/mol. The van der Waals surface area contributed by atoms with Crippen molar-refractivity contribution < 1.29 is 13.9 Å². The Morgan fingerprint density at radius 1 is 1.60 bits per heavy atom. The molecule has 1 saturated heterocycles. The summed E-state index contributed by atoms with van der Waals surface area (Å²) < 4.78 is 12.4. The largest absolute Gasteiger partial charge is 0.472 e. The molecule has 2 aromatic rings. The Labute approximate surface area is 116 Å². The molecule has 1 N–H and O–H groups in total. The number of ether oxygens (including phenoxy) is 1. The van der Waals surface area contributed by atoms with E-state index in [0.717, 1.165) is 17.5 Å². The molecule has 0 saturated carbocycles. The molecular formula is C14H17N3O3. The normalized spacial score (nSPS) is 22.1. The molecule has 3 rings (SSSR count). The summed E-state index contributed by atoms with van der Waals surface area (Å²) in [6.45, 7) is 1.08.